The minimum atomic E-state index is -0.502. The molecule has 0 unspecified atom stereocenters. The molecule has 0 radical (unpaired) electrons. The summed E-state index contributed by atoms with van der Waals surface area (Å²) >= 11 is 5.58. The van der Waals surface area contributed by atoms with E-state index >= 15 is 0 Å². The van der Waals surface area contributed by atoms with Crippen LogP contribution in [0.4, 0.5) is 0 Å². The predicted octanol–water partition coefficient (Wildman–Crippen LogP) is 2.02. The highest BCUT2D eigenvalue weighted by Crippen LogP contribution is 2.10. The lowest BCUT2D eigenvalue weighted by atomic mass is 10.3. The first-order chi connectivity index (χ1) is 6.02. The van der Waals surface area contributed by atoms with Crippen LogP contribution in [0.3, 0.4) is 0 Å². The van der Waals surface area contributed by atoms with E-state index in [0.717, 1.165) is 0 Å². The molecule has 0 aromatic carbocycles. The van der Waals surface area contributed by atoms with E-state index in [0.29, 0.717) is 5.70 Å². The predicted molar refractivity (Wildman–Crippen MR) is 52.9 cm³/mol. The third-order valence-electron chi connectivity index (χ3n) is 1.43. The van der Waals surface area contributed by atoms with Crippen molar-refractivity contribution in [2.24, 2.45) is 0 Å². The molecule has 0 saturated heterocycles. The zero-order valence-electron chi connectivity index (χ0n) is 7.50. The topological polar surface area (TPSA) is 55.2 Å². The van der Waals surface area contributed by atoms with E-state index in [1.165, 1.54) is 12.2 Å². The summed E-state index contributed by atoms with van der Waals surface area (Å²) in [6.07, 6.45) is 2.59. The smallest absolute Gasteiger partial charge is 0.289 e. The number of nitro groups is 1. The van der Waals surface area contributed by atoms with E-state index in [1.54, 1.807) is 14.0 Å². The van der Waals surface area contributed by atoms with Gasteiger partial charge in [-0.15, -0.1) is 0 Å². The van der Waals surface area contributed by atoms with E-state index < -0.39 is 4.92 Å². The Balaban J connectivity index is 5.06. The molecule has 0 aliphatic carbocycles. The van der Waals surface area contributed by atoms with Gasteiger partial charge in [0.2, 0.25) is 0 Å². The average Bonchev–Trinajstić information content (AvgIpc) is 2.11. The van der Waals surface area contributed by atoms with Crippen molar-refractivity contribution in [3.8, 4) is 0 Å². The van der Waals surface area contributed by atoms with E-state index in [-0.39, 0.29) is 10.7 Å². The molecule has 0 saturated carbocycles. The lowest BCUT2D eigenvalue weighted by Crippen LogP contribution is -2.10. The molecule has 1 N–H and O–H groups in total. The average molecular weight is 203 g/mol. The summed E-state index contributed by atoms with van der Waals surface area (Å²) in [6.45, 7) is 4.99. The Hall–Kier alpha value is -1.29. The fourth-order valence-electron chi connectivity index (χ4n) is 0.615. The number of rotatable bonds is 4. The molecule has 0 bridgehead atoms. The first-order valence-corrected chi connectivity index (χ1v) is 3.93. The van der Waals surface area contributed by atoms with Crippen molar-refractivity contribution in [1.82, 2.24) is 5.32 Å². The van der Waals surface area contributed by atoms with Crippen molar-refractivity contribution in [3.63, 3.8) is 0 Å². The van der Waals surface area contributed by atoms with Crippen LogP contribution in [-0.2, 0) is 0 Å². The Bertz CT molecular complexity index is 282. The maximum Gasteiger partial charge on any atom is 0.289 e. The standard InChI is InChI=1S/C8H11ClN2O2/c1-4-7(9)5-8(11(12)13)6(2)10-3/h4-5,10H,1H2,2-3H3/b7-5+,8-6-. The lowest BCUT2D eigenvalue weighted by Gasteiger charge is -1.99. The highest BCUT2D eigenvalue weighted by atomic mass is 35.5. The Morgan fingerprint density at radius 2 is 2.23 bits per heavy atom. The second kappa shape index (κ2) is 5.37. The summed E-state index contributed by atoms with van der Waals surface area (Å²) in [6, 6.07) is 0. The number of hydrogen-bond donors (Lipinski definition) is 1. The third-order valence-corrected chi connectivity index (χ3v) is 1.69. The van der Waals surface area contributed by atoms with Gasteiger partial charge in [0.1, 0.15) is 0 Å². The Morgan fingerprint density at radius 1 is 1.69 bits per heavy atom. The van der Waals surface area contributed by atoms with Gasteiger partial charge in [-0.1, -0.05) is 24.3 Å². The summed E-state index contributed by atoms with van der Waals surface area (Å²) in [4.78, 5) is 10.0. The summed E-state index contributed by atoms with van der Waals surface area (Å²) in [7, 11) is 1.61. The SMILES string of the molecule is C=C/C(Cl)=C\C(=C(/C)NC)[N+](=O)[O-]. The largest absolute Gasteiger partial charge is 0.386 e. The molecule has 0 aromatic heterocycles. The normalized spacial score (nSPS) is 13.3. The molecule has 0 aliphatic heterocycles. The zero-order chi connectivity index (χ0) is 10.4. The van der Waals surface area contributed by atoms with E-state index in [1.807, 2.05) is 0 Å². The van der Waals surface area contributed by atoms with Crippen LogP contribution in [-0.4, -0.2) is 12.0 Å². The summed E-state index contributed by atoms with van der Waals surface area (Å²) in [5.74, 6) is 0. The molecule has 0 aromatic rings. The summed E-state index contributed by atoms with van der Waals surface area (Å²) in [5.41, 5.74) is 0.386. The lowest BCUT2D eigenvalue weighted by molar-refractivity contribution is -0.420. The molecule has 0 amide bonds. The van der Waals surface area contributed by atoms with Gasteiger partial charge >= 0.3 is 0 Å². The van der Waals surface area contributed by atoms with Crippen LogP contribution in [0.2, 0.25) is 0 Å². The van der Waals surface area contributed by atoms with E-state index in [4.69, 9.17) is 11.6 Å². The molecule has 0 atom stereocenters. The molecule has 13 heavy (non-hydrogen) atoms. The van der Waals surface area contributed by atoms with Crippen LogP contribution in [0.1, 0.15) is 6.92 Å². The van der Waals surface area contributed by atoms with Crippen molar-refractivity contribution in [1.29, 1.82) is 0 Å². The molecule has 0 spiro atoms. The molecule has 4 nitrogen and oxygen atoms in total. The van der Waals surface area contributed by atoms with Crippen molar-refractivity contribution in [2.75, 3.05) is 7.05 Å². The van der Waals surface area contributed by atoms with Crippen LogP contribution in [0.25, 0.3) is 0 Å². The highest BCUT2D eigenvalue weighted by molar-refractivity contribution is 6.31. The number of hydrogen-bond acceptors (Lipinski definition) is 3. The van der Waals surface area contributed by atoms with Gasteiger partial charge in [-0.3, -0.25) is 10.1 Å². The quantitative estimate of drug-likeness (QED) is 0.431. The zero-order valence-corrected chi connectivity index (χ0v) is 8.26. The molecular weight excluding hydrogens is 192 g/mol. The molecule has 5 heteroatoms. The van der Waals surface area contributed by atoms with Gasteiger partial charge in [-0.05, 0) is 6.92 Å². The van der Waals surface area contributed by atoms with Crippen molar-refractivity contribution >= 4 is 11.6 Å². The first-order valence-electron chi connectivity index (χ1n) is 3.55. The van der Waals surface area contributed by atoms with E-state index in [2.05, 4.69) is 11.9 Å². The first kappa shape index (κ1) is 11.7. The van der Waals surface area contributed by atoms with Crippen molar-refractivity contribution in [3.05, 3.63) is 45.3 Å². The van der Waals surface area contributed by atoms with Gasteiger partial charge in [0.15, 0.2) is 0 Å². The van der Waals surface area contributed by atoms with Gasteiger partial charge in [-0.25, -0.2) is 0 Å². The van der Waals surface area contributed by atoms with Crippen LogP contribution in [0.5, 0.6) is 0 Å². The number of nitrogens with zero attached hydrogens (tertiary/aromatic N) is 1. The Labute approximate surface area is 81.7 Å². The number of nitrogens with one attached hydrogen (secondary N) is 1. The molecule has 0 rings (SSSR count). The van der Waals surface area contributed by atoms with Gasteiger partial charge in [0.05, 0.1) is 10.6 Å². The maximum absolute atomic E-state index is 10.5. The minimum absolute atomic E-state index is 0.0626. The molecule has 72 valence electrons. The molecular formula is C8H11ClN2O2. The molecule has 0 heterocycles. The van der Waals surface area contributed by atoms with Crippen LogP contribution in [0, 0.1) is 10.1 Å². The Morgan fingerprint density at radius 3 is 2.54 bits per heavy atom. The Kier molecular flexibility index (Phi) is 4.84. The highest BCUT2D eigenvalue weighted by Gasteiger charge is 2.11. The van der Waals surface area contributed by atoms with Gasteiger partial charge < -0.3 is 5.32 Å². The second-order valence-electron chi connectivity index (χ2n) is 2.25. The van der Waals surface area contributed by atoms with Gasteiger partial charge in [0, 0.05) is 18.2 Å². The van der Waals surface area contributed by atoms with Crippen LogP contribution < -0.4 is 5.32 Å². The third kappa shape index (κ3) is 3.75. The van der Waals surface area contributed by atoms with E-state index in [9.17, 15) is 10.1 Å². The monoisotopic (exact) mass is 202 g/mol. The van der Waals surface area contributed by atoms with Crippen molar-refractivity contribution < 1.29 is 4.92 Å². The molecule has 0 aliphatic rings. The minimum Gasteiger partial charge on any atom is -0.386 e. The van der Waals surface area contributed by atoms with Gasteiger partial charge in [0.25, 0.3) is 5.70 Å². The fourth-order valence-corrected chi connectivity index (χ4v) is 0.719. The number of halogens is 1. The summed E-state index contributed by atoms with van der Waals surface area (Å²) < 4.78 is 0. The maximum atomic E-state index is 10.5. The van der Waals surface area contributed by atoms with Crippen LogP contribution >= 0.6 is 11.6 Å². The number of allylic oxidation sites excluding steroid dienone is 4. The molecule has 0 fully saturated rings. The van der Waals surface area contributed by atoms with Crippen molar-refractivity contribution in [2.45, 2.75) is 6.92 Å². The van der Waals surface area contributed by atoms with Gasteiger partial charge in [-0.2, -0.15) is 0 Å². The van der Waals surface area contributed by atoms with Crippen LogP contribution in [0.15, 0.2) is 35.2 Å². The fraction of sp³-hybridized carbons (Fsp3) is 0.250. The summed E-state index contributed by atoms with van der Waals surface area (Å²) in [5, 5.41) is 13.4. The second-order valence-corrected chi connectivity index (χ2v) is 2.69.